The summed E-state index contributed by atoms with van der Waals surface area (Å²) in [6.07, 6.45) is 9.11. The smallest absolute Gasteiger partial charge is 0.246 e. The molecule has 0 aliphatic heterocycles. The first kappa shape index (κ1) is 18.4. The highest BCUT2D eigenvalue weighted by atomic mass is 16.5. The van der Waals surface area contributed by atoms with Crippen LogP contribution in [0.2, 0.25) is 0 Å². The van der Waals surface area contributed by atoms with Crippen molar-refractivity contribution in [3.63, 3.8) is 0 Å². The number of ether oxygens (including phenoxy) is 1. The molecule has 3 heteroatoms. The summed E-state index contributed by atoms with van der Waals surface area (Å²) in [5, 5.41) is 2.89. The molecule has 0 unspecified atom stereocenters. The second kappa shape index (κ2) is 12.5. The molecule has 1 amide bonds. The van der Waals surface area contributed by atoms with Gasteiger partial charge in [0.05, 0.1) is 6.10 Å². The molecule has 0 aliphatic rings. The zero-order valence-electron chi connectivity index (χ0n) is 13.3. The van der Waals surface area contributed by atoms with Crippen molar-refractivity contribution in [1.29, 1.82) is 0 Å². The molecule has 0 radical (unpaired) electrons. The minimum Gasteiger partial charge on any atom is -0.369 e. The summed E-state index contributed by atoms with van der Waals surface area (Å²) in [6, 6.07) is 0. The lowest BCUT2D eigenvalue weighted by Crippen LogP contribution is -2.29. The lowest BCUT2D eigenvalue weighted by molar-refractivity contribution is -0.127. The monoisotopic (exact) mass is 271 g/mol. The Balaban J connectivity index is 3.16. The molecule has 0 bridgehead atoms. The first-order valence-electron chi connectivity index (χ1n) is 7.90. The second-order valence-electron chi connectivity index (χ2n) is 6.01. The molecule has 0 aliphatic carbocycles. The molecule has 0 aromatic rings. The summed E-state index contributed by atoms with van der Waals surface area (Å²) in [5.74, 6) is 0.842. The van der Waals surface area contributed by atoms with Crippen molar-refractivity contribution in [2.24, 2.45) is 5.92 Å². The molecule has 0 heterocycles. The molecule has 0 atom stereocenters. The zero-order chi connectivity index (χ0) is 14.5. The van der Waals surface area contributed by atoms with Gasteiger partial charge in [-0.15, -0.1) is 0 Å². The largest absolute Gasteiger partial charge is 0.369 e. The highest BCUT2D eigenvalue weighted by Crippen LogP contribution is 2.10. The minimum atomic E-state index is 0.00522. The fourth-order valence-electron chi connectivity index (χ4n) is 1.91. The van der Waals surface area contributed by atoms with Gasteiger partial charge >= 0.3 is 0 Å². The quantitative estimate of drug-likeness (QED) is 0.546. The van der Waals surface area contributed by atoms with Gasteiger partial charge in [-0.05, 0) is 26.2 Å². The van der Waals surface area contributed by atoms with Crippen molar-refractivity contribution >= 4 is 5.91 Å². The van der Waals surface area contributed by atoms with Crippen LogP contribution in [-0.4, -0.2) is 25.2 Å². The normalized spacial score (nSPS) is 11.3. The highest BCUT2D eigenvalue weighted by molar-refractivity contribution is 5.77. The molecule has 0 fully saturated rings. The number of carbonyl (C=O) groups is 1. The molecular formula is C16H33NO2. The third kappa shape index (κ3) is 15.4. The number of hydrogen-bond acceptors (Lipinski definition) is 2. The molecule has 114 valence electrons. The number of nitrogens with one attached hydrogen (secondary N) is 1. The van der Waals surface area contributed by atoms with E-state index in [-0.39, 0.29) is 18.6 Å². The fourth-order valence-corrected chi connectivity index (χ4v) is 1.91. The predicted molar refractivity (Wildman–Crippen MR) is 81.3 cm³/mol. The molecule has 0 aromatic heterocycles. The number of carbonyl (C=O) groups excluding carboxylic acids is 1. The first-order chi connectivity index (χ1) is 9.02. The van der Waals surface area contributed by atoms with Gasteiger partial charge in [0.15, 0.2) is 0 Å². The maximum absolute atomic E-state index is 11.3. The van der Waals surface area contributed by atoms with Crippen molar-refractivity contribution < 1.29 is 9.53 Å². The molecule has 1 N–H and O–H groups in total. The third-order valence-electron chi connectivity index (χ3n) is 3.08. The topological polar surface area (TPSA) is 38.3 Å². The van der Waals surface area contributed by atoms with E-state index < -0.39 is 0 Å². The van der Waals surface area contributed by atoms with Crippen LogP contribution < -0.4 is 5.32 Å². The molecule has 19 heavy (non-hydrogen) atoms. The highest BCUT2D eigenvalue weighted by Gasteiger charge is 2.02. The minimum absolute atomic E-state index is 0.00522. The summed E-state index contributed by atoms with van der Waals surface area (Å²) in [4.78, 5) is 11.3. The van der Waals surface area contributed by atoms with E-state index in [0.717, 1.165) is 18.9 Å². The van der Waals surface area contributed by atoms with Crippen LogP contribution in [0.4, 0.5) is 0 Å². The van der Waals surface area contributed by atoms with Crippen LogP contribution in [0.3, 0.4) is 0 Å². The molecule has 0 rings (SSSR count). The Bertz CT molecular complexity index is 215. The molecule has 0 aromatic carbocycles. The molecular weight excluding hydrogens is 238 g/mol. The number of rotatable bonds is 12. The Hall–Kier alpha value is -0.570. The van der Waals surface area contributed by atoms with Crippen LogP contribution in [-0.2, 0) is 9.53 Å². The number of unbranched alkanes of at least 4 members (excludes halogenated alkanes) is 5. The summed E-state index contributed by atoms with van der Waals surface area (Å²) in [7, 11) is 0. The maximum Gasteiger partial charge on any atom is 0.246 e. The number of amides is 1. The van der Waals surface area contributed by atoms with E-state index in [0.29, 0.717) is 0 Å². The van der Waals surface area contributed by atoms with Gasteiger partial charge < -0.3 is 10.1 Å². The zero-order valence-corrected chi connectivity index (χ0v) is 13.3. The Morgan fingerprint density at radius 3 is 2.11 bits per heavy atom. The van der Waals surface area contributed by atoms with Crippen LogP contribution in [0.15, 0.2) is 0 Å². The van der Waals surface area contributed by atoms with E-state index in [4.69, 9.17) is 4.74 Å². The van der Waals surface area contributed by atoms with Crippen molar-refractivity contribution in [1.82, 2.24) is 5.32 Å². The van der Waals surface area contributed by atoms with Crippen LogP contribution in [0.5, 0.6) is 0 Å². The average molecular weight is 271 g/mol. The lowest BCUT2D eigenvalue weighted by atomic mass is 10.0. The van der Waals surface area contributed by atoms with Crippen LogP contribution in [0, 0.1) is 5.92 Å². The summed E-state index contributed by atoms with van der Waals surface area (Å²) in [5.41, 5.74) is 0. The molecule has 3 nitrogen and oxygen atoms in total. The van der Waals surface area contributed by atoms with Gasteiger partial charge in [-0.1, -0.05) is 52.4 Å². The van der Waals surface area contributed by atoms with Crippen LogP contribution in [0.1, 0.15) is 72.6 Å². The second-order valence-corrected chi connectivity index (χ2v) is 6.01. The van der Waals surface area contributed by atoms with Gasteiger partial charge in [0.25, 0.3) is 0 Å². The summed E-state index contributed by atoms with van der Waals surface area (Å²) < 4.78 is 5.23. The fraction of sp³-hybridized carbons (Fsp3) is 0.938. The van der Waals surface area contributed by atoms with E-state index >= 15 is 0 Å². The summed E-state index contributed by atoms with van der Waals surface area (Å²) >= 11 is 0. The Morgan fingerprint density at radius 2 is 1.53 bits per heavy atom. The molecule has 0 saturated carbocycles. The average Bonchev–Trinajstić information content (AvgIpc) is 2.34. The summed E-state index contributed by atoms with van der Waals surface area (Å²) in [6.45, 7) is 9.41. The van der Waals surface area contributed by atoms with E-state index in [2.05, 4.69) is 19.2 Å². The van der Waals surface area contributed by atoms with Gasteiger partial charge in [-0.25, -0.2) is 0 Å². The van der Waals surface area contributed by atoms with Crippen LogP contribution >= 0.6 is 0 Å². The van der Waals surface area contributed by atoms with E-state index in [1.807, 2.05) is 13.8 Å². The Labute approximate surface area is 119 Å². The third-order valence-corrected chi connectivity index (χ3v) is 3.08. The van der Waals surface area contributed by atoms with E-state index in [1.54, 1.807) is 0 Å². The van der Waals surface area contributed by atoms with Gasteiger partial charge in [0.2, 0.25) is 5.91 Å². The molecule has 0 spiro atoms. The maximum atomic E-state index is 11.3. The van der Waals surface area contributed by atoms with Crippen molar-refractivity contribution in [3.8, 4) is 0 Å². The molecule has 0 saturated heterocycles. The predicted octanol–water partition coefficient (Wildman–Crippen LogP) is 3.91. The van der Waals surface area contributed by atoms with Crippen molar-refractivity contribution in [2.45, 2.75) is 78.7 Å². The van der Waals surface area contributed by atoms with E-state index in [9.17, 15) is 4.79 Å². The van der Waals surface area contributed by atoms with E-state index in [1.165, 1.54) is 38.5 Å². The van der Waals surface area contributed by atoms with Crippen LogP contribution in [0.25, 0.3) is 0 Å². The SMILES string of the molecule is CC(C)CCCCCCCCNC(=O)COC(C)C. The van der Waals surface area contributed by atoms with Crippen molar-refractivity contribution in [3.05, 3.63) is 0 Å². The van der Waals surface area contributed by atoms with Gasteiger partial charge in [-0.3, -0.25) is 4.79 Å². The Kier molecular flexibility index (Phi) is 12.1. The van der Waals surface area contributed by atoms with Gasteiger partial charge in [0.1, 0.15) is 6.61 Å². The number of hydrogen-bond donors (Lipinski definition) is 1. The van der Waals surface area contributed by atoms with Gasteiger partial charge in [0, 0.05) is 6.54 Å². The first-order valence-corrected chi connectivity index (χ1v) is 7.90. The van der Waals surface area contributed by atoms with Crippen molar-refractivity contribution in [2.75, 3.05) is 13.2 Å². The van der Waals surface area contributed by atoms with Gasteiger partial charge in [-0.2, -0.15) is 0 Å². The lowest BCUT2D eigenvalue weighted by Gasteiger charge is -2.08. The Morgan fingerprint density at radius 1 is 0.947 bits per heavy atom. The standard InChI is InChI=1S/C16H33NO2/c1-14(2)11-9-7-5-6-8-10-12-17-16(18)13-19-15(3)4/h14-15H,5-13H2,1-4H3,(H,17,18).